The molecule has 27 heavy (non-hydrogen) atoms. The van der Waals surface area contributed by atoms with Gasteiger partial charge >= 0.3 is 0 Å². The Kier molecular flexibility index (Phi) is 5.31. The number of amides is 2. The predicted octanol–water partition coefficient (Wildman–Crippen LogP) is 0.0578. The number of nitrogens with zero attached hydrogens (tertiary/aromatic N) is 4. The van der Waals surface area contributed by atoms with Crippen LogP contribution in [0.5, 0.6) is 0 Å². The van der Waals surface area contributed by atoms with Gasteiger partial charge in [-0.3, -0.25) is 24.4 Å². The molecule has 3 N–H and O–H groups in total. The van der Waals surface area contributed by atoms with Crippen molar-refractivity contribution in [2.75, 3.05) is 0 Å². The number of carbonyl (C=O) groups is 3. The van der Waals surface area contributed by atoms with Crippen molar-refractivity contribution in [1.82, 2.24) is 25.1 Å². The van der Waals surface area contributed by atoms with Gasteiger partial charge in [-0.2, -0.15) is 5.10 Å². The molecular formula is C18H16N6O3. The first-order valence-electron chi connectivity index (χ1n) is 8.04. The van der Waals surface area contributed by atoms with Crippen LogP contribution < -0.4 is 11.1 Å². The minimum Gasteiger partial charge on any atom is -0.363 e. The van der Waals surface area contributed by atoms with Crippen molar-refractivity contribution in [2.24, 2.45) is 5.73 Å². The lowest BCUT2D eigenvalue weighted by atomic mass is 10.0. The van der Waals surface area contributed by atoms with Gasteiger partial charge < -0.3 is 11.1 Å². The van der Waals surface area contributed by atoms with Crippen LogP contribution in [0.15, 0.2) is 61.3 Å². The number of rotatable bonds is 7. The van der Waals surface area contributed by atoms with Crippen molar-refractivity contribution in [3.63, 3.8) is 0 Å². The van der Waals surface area contributed by atoms with E-state index in [1.54, 1.807) is 49.1 Å². The second-order valence-corrected chi connectivity index (χ2v) is 5.65. The van der Waals surface area contributed by atoms with Crippen LogP contribution in [-0.2, 0) is 16.0 Å². The third-order valence-electron chi connectivity index (χ3n) is 3.81. The van der Waals surface area contributed by atoms with Crippen LogP contribution in [-0.4, -0.2) is 43.4 Å². The molecule has 0 radical (unpaired) electrons. The molecule has 0 fully saturated rings. The van der Waals surface area contributed by atoms with Gasteiger partial charge in [0, 0.05) is 31.2 Å². The molecule has 3 heterocycles. The number of hydrogen-bond acceptors (Lipinski definition) is 6. The van der Waals surface area contributed by atoms with E-state index < -0.39 is 23.6 Å². The van der Waals surface area contributed by atoms with Crippen LogP contribution in [0.25, 0.3) is 5.69 Å². The molecular weight excluding hydrogens is 348 g/mol. The van der Waals surface area contributed by atoms with Crippen molar-refractivity contribution < 1.29 is 14.4 Å². The summed E-state index contributed by atoms with van der Waals surface area (Å²) in [5.74, 6) is -2.57. The zero-order valence-electron chi connectivity index (χ0n) is 14.1. The average Bonchev–Trinajstić information content (AvgIpc) is 3.18. The lowest BCUT2D eigenvalue weighted by Gasteiger charge is -2.16. The van der Waals surface area contributed by atoms with Gasteiger partial charge in [0.05, 0.1) is 11.9 Å². The van der Waals surface area contributed by atoms with Crippen LogP contribution in [0.2, 0.25) is 0 Å². The topological polar surface area (TPSA) is 133 Å². The maximum absolute atomic E-state index is 12.7. The normalized spacial score (nSPS) is 11.6. The minimum atomic E-state index is -1.12. The molecule has 3 aromatic heterocycles. The van der Waals surface area contributed by atoms with Crippen molar-refractivity contribution in [3.8, 4) is 5.69 Å². The van der Waals surface area contributed by atoms with Crippen molar-refractivity contribution in [2.45, 2.75) is 12.5 Å². The first-order chi connectivity index (χ1) is 13.1. The van der Waals surface area contributed by atoms with Crippen LogP contribution in [0, 0.1) is 0 Å². The van der Waals surface area contributed by atoms with Gasteiger partial charge in [0.25, 0.3) is 11.8 Å². The molecule has 0 aliphatic heterocycles. The molecule has 0 aliphatic rings. The predicted molar refractivity (Wildman–Crippen MR) is 94.8 cm³/mol. The Labute approximate surface area is 154 Å². The largest absolute Gasteiger partial charge is 0.363 e. The number of carbonyl (C=O) groups excluding carboxylic acids is 3. The van der Waals surface area contributed by atoms with Crippen LogP contribution >= 0.6 is 0 Å². The smallest absolute Gasteiger partial charge is 0.287 e. The number of aromatic nitrogens is 4. The zero-order chi connectivity index (χ0) is 19.2. The molecule has 2 amide bonds. The van der Waals surface area contributed by atoms with E-state index in [1.807, 2.05) is 0 Å². The summed E-state index contributed by atoms with van der Waals surface area (Å²) in [6, 6.07) is 7.20. The van der Waals surface area contributed by atoms with E-state index in [-0.39, 0.29) is 12.1 Å². The summed E-state index contributed by atoms with van der Waals surface area (Å²) in [6.45, 7) is 0. The number of pyridine rings is 2. The highest BCUT2D eigenvalue weighted by molar-refractivity contribution is 6.38. The Hall–Kier alpha value is -3.88. The van der Waals surface area contributed by atoms with Gasteiger partial charge in [0.2, 0.25) is 5.78 Å². The minimum absolute atomic E-state index is 0.0880. The summed E-state index contributed by atoms with van der Waals surface area (Å²) in [4.78, 5) is 44.1. The van der Waals surface area contributed by atoms with E-state index >= 15 is 0 Å². The second-order valence-electron chi connectivity index (χ2n) is 5.65. The first-order valence-corrected chi connectivity index (χ1v) is 8.04. The van der Waals surface area contributed by atoms with E-state index in [4.69, 9.17) is 5.73 Å². The number of nitrogens with one attached hydrogen (secondary N) is 1. The molecule has 0 saturated heterocycles. The summed E-state index contributed by atoms with van der Waals surface area (Å²) in [5, 5.41) is 6.69. The molecule has 9 heteroatoms. The lowest BCUT2D eigenvalue weighted by molar-refractivity contribution is -0.137. The summed E-state index contributed by atoms with van der Waals surface area (Å²) < 4.78 is 1.41. The highest BCUT2D eigenvalue weighted by atomic mass is 16.2. The van der Waals surface area contributed by atoms with E-state index in [0.29, 0.717) is 11.3 Å². The maximum Gasteiger partial charge on any atom is 0.287 e. The SMILES string of the molecule is NC(=O)C(=O)C(Cc1cccnc1)NC(=O)c1ccnn1-c1ccncc1. The van der Waals surface area contributed by atoms with Gasteiger partial charge in [0.15, 0.2) is 0 Å². The van der Waals surface area contributed by atoms with Crippen molar-refractivity contribution in [1.29, 1.82) is 0 Å². The van der Waals surface area contributed by atoms with E-state index in [9.17, 15) is 14.4 Å². The third kappa shape index (κ3) is 4.21. The fourth-order valence-corrected chi connectivity index (χ4v) is 2.53. The summed E-state index contributed by atoms with van der Waals surface area (Å²) in [6.07, 6.45) is 7.82. The standard InChI is InChI=1S/C18H16N6O3/c19-17(26)16(25)14(10-12-2-1-6-21-11-12)23-18(27)15-5-9-22-24(15)13-3-7-20-8-4-13/h1-9,11,14H,10H2,(H2,19,26)(H,23,27). The van der Waals surface area contributed by atoms with Crippen molar-refractivity contribution in [3.05, 3.63) is 72.6 Å². The highest BCUT2D eigenvalue weighted by Gasteiger charge is 2.27. The number of ketones is 1. The van der Waals surface area contributed by atoms with Crippen LogP contribution in [0.1, 0.15) is 16.1 Å². The molecule has 3 rings (SSSR count). The fourth-order valence-electron chi connectivity index (χ4n) is 2.53. The van der Waals surface area contributed by atoms with Gasteiger partial charge in [0.1, 0.15) is 11.7 Å². The molecule has 0 saturated carbocycles. The Bertz CT molecular complexity index is 955. The molecule has 1 atom stereocenters. The number of nitrogens with two attached hydrogens (primary N) is 1. The first kappa shape index (κ1) is 17.9. The zero-order valence-corrected chi connectivity index (χ0v) is 14.1. The molecule has 9 nitrogen and oxygen atoms in total. The van der Waals surface area contributed by atoms with Gasteiger partial charge in [-0.25, -0.2) is 4.68 Å². The van der Waals surface area contributed by atoms with Crippen molar-refractivity contribution >= 4 is 17.6 Å². The second kappa shape index (κ2) is 8.00. The monoisotopic (exact) mass is 364 g/mol. The summed E-state index contributed by atoms with van der Waals surface area (Å²) >= 11 is 0. The molecule has 0 bridgehead atoms. The van der Waals surface area contributed by atoms with Crippen LogP contribution in [0.4, 0.5) is 0 Å². The lowest BCUT2D eigenvalue weighted by Crippen LogP contribution is -2.47. The van der Waals surface area contributed by atoms with E-state index in [0.717, 1.165) is 0 Å². The maximum atomic E-state index is 12.7. The van der Waals surface area contributed by atoms with Gasteiger partial charge in [-0.1, -0.05) is 6.07 Å². The summed E-state index contributed by atoms with van der Waals surface area (Å²) in [5.41, 5.74) is 6.64. The molecule has 3 aromatic rings. The fraction of sp³-hybridized carbons (Fsp3) is 0.111. The summed E-state index contributed by atoms with van der Waals surface area (Å²) in [7, 11) is 0. The number of hydrogen-bond donors (Lipinski definition) is 2. The van der Waals surface area contributed by atoms with Gasteiger partial charge in [-0.05, 0) is 29.8 Å². The van der Waals surface area contributed by atoms with Gasteiger partial charge in [-0.15, -0.1) is 0 Å². The Balaban J connectivity index is 1.84. The quantitative estimate of drug-likeness (QED) is 0.570. The van der Waals surface area contributed by atoms with Crippen LogP contribution in [0.3, 0.4) is 0 Å². The average molecular weight is 364 g/mol. The third-order valence-corrected chi connectivity index (χ3v) is 3.81. The Morgan fingerprint density at radius 3 is 2.48 bits per heavy atom. The highest BCUT2D eigenvalue weighted by Crippen LogP contribution is 2.10. The molecule has 1 unspecified atom stereocenters. The molecule has 136 valence electrons. The number of Topliss-reactive ketones (excluding diaryl/α,β-unsaturated/α-hetero) is 1. The molecule has 0 spiro atoms. The van der Waals surface area contributed by atoms with E-state index in [1.165, 1.54) is 16.9 Å². The molecule has 0 aromatic carbocycles. The number of primary amides is 1. The van der Waals surface area contributed by atoms with E-state index in [2.05, 4.69) is 20.4 Å². The molecule has 0 aliphatic carbocycles. The Morgan fingerprint density at radius 2 is 1.81 bits per heavy atom. The Morgan fingerprint density at radius 1 is 1.04 bits per heavy atom.